The largest absolute Gasteiger partial charge is 0.504 e. The van der Waals surface area contributed by atoms with Gasteiger partial charge in [0, 0.05) is 21.9 Å². The van der Waals surface area contributed by atoms with Gasteiger partial charge in [0.2, 0.25) is 0 Å². The third kappa shape index (κ3) is 4.89. The van der Waals surface area contributed by atoms with Crippen molar-refractivity contribution in [2.75, 3.05) is 13.7 Å². The number of benzene rings is 1. The number of nitrogens with one attached hydrogen (secondary N) is 2. The number of aryl methyl sites for hydroxylation is 1. The predicted octanol–water partition coefficient (Wildman–Crippen LogP) is 3.03. The van der Waals surface area contributed by atoms with Crippen LogP contribution in [0.4, 0.5) is 0 Å². The monoisotopic (exact) mass is 333 g/mol. The van der Waals surface area contributed by atoms with Gasteiger partial charge in [0.15, 0.2) is 17.5 Å². The summed E-state index contributed by atoms with van der Waals surface area (Å²) in [6.07, 6.45) is 0. The van der Waals surface area contributed by atoms with E-state index in [2.05, 4.69) is 34.7 Å². The Kier molecular flexibility index (Phi) is 6.29. The summed E-state index contributed by atoms with van der Waals surface area (Å²) >= 11 is 1.77. The SMILES string of the molecule is CCNC(=NCc1cccc(OC)c1O)NCc1ccc(C)s1. The molecule has 1 aromatic heterocycles. The second-order valence-electron chi connectivity index (χ2n) is 5.03. The van der Waals surface area contributed by atoms with Crippen molar-refractivity contribution < 1.29 is 9.84 Å². The first kappa shape index (κ1) is 17.1. The van der Waals surface area contributed by atoms with Crippen LogP contribution in [0.2, 0.25) is 0 Å². The van der Waals surface area contributed by atoms with Gasteiger partial charge in [0.1, 0.15) is 0 Å². The van der Waals surface area contributed by atoms with Crippen molar-refractivity contribution in [3.05, 3.63) is 45.6 Å². The molecule has 0 bridgehead atoms. The molecule has 2 rings (SSSR count). The van der Waals surface area contributed by atoms with Crippen LogP contribution < -0.4 is 15.4 Å². The van der Waals surface area contributed by atoms with E-state index in [1.807, 2.05) is 19.1 Å². The van der Waals surface area contributed by atoms with Crippen LogP contribution >= 0.6 is 11.3 Å². The van der Waals surface area contributed by atoms with Crippen molar-refractivity contribution in [3.8, 4) is 11.5 Å². The first-order valence-electron chi connectivity index (χ1n) is 7.56. The fraction of sp³-hybridized carbons (Fsp3) is 0.353. The molecule has 0 atom stereocenters. The minimum absolute atomic E-state index is 0.142. The number of methoxy groups -OCH3 is 1. The van der Waals surface area contributed by atoms with Crippen LogP contribution in [0.3, 0.4) is 0 Å². The number of hydrogen-bond acceptors (Lipinski definition) is 4. The molecule has 3 N–H and O–H groups in total. The number of aromatic hydroxyl groups is 1. The predicted molar refractivity (Wildman–Crippen MR) is 95.4 cm³/mol. The standard InChI is InChI=1S/C17H23N3O2S/c1-4-18-17(20-11-14-9-8-12(2)23-14)19-10-13-6-5-7-15(22-3)16(13)21/h5-9,21H,4,10-11H2,1-3H3,(H2,18,19,20). The van der Waals surface area contributed by atoms with Crippen LogP contribution in [-0.4, -0.2) is 24.7 Å². The van der Waals surface area contributed by atoms with Crippen molar-refractivity contribution in [3.63, 3.8) is 0 Å². The average Bonchev–Trinajstić information content (AvgIpc) is 2.96. The van der Waals surface area contributed by atoms with Gasteiger partial charge >= 0.3 is 0 Å². The molecule has 0 aliphatic carbocycles. The van der Waals surface area contributed by atoms with Crippen LogP contribution in [0, 0.1) is 6.92 Å². The number of para-hydroxylation sites is 1. The summed E-state index contributed by atoms with van der Waals surface area (Å²) in [7, 11) is 1.54. The molecule has 0 radical (unpaired) electrons. The summed E-state index contributed by atoms with van der Waals surface area (Å²) in [5.74, 6) is 1.33. The van der Waals surface area contributed by atoms with E-state index < -0.39 is 0 Å². The van der Waals surface area contributed by atoms with E-state index in [0.29, 0.717) is 12.3 Å². The Morgan fingerprint density at radius 1 is 1.26 bits per heavy atom. The zero-order valence-electron chi connectivity index (χ0n) is 13.7. The molecule has 0 saturated heterocycles. The van der Waals surface area contributed by atoms with Crippen molar-refractivity contribution >= 4 is 17.3 Å². The molecule has 5 nitrogen and oxygen atoms in total. The van der Waals surface area contributed by atoms with Gasteiger partial charge in [-0.2, -0.15) is 0 Å². The maximum Gasteiger partial charge on any atom is 0.191 e. The first-order valence-corrected chi connectivity index (χ1v) is 8.38. The molecule has 0 spiro atoms. The highest BCUT2D eigenvalue weighted by Gasteiger charge is 2.07. The number of hydrogen-bond donors (Lipinski definition) is 3. The van der Waals surface area contributed by atoms with Crippen LogP contribution in [0.15, 0.2) is 35.3 Å². The molecule has 23 heavy (non-hydrogen) atoms. The third-order valence-corrected chi connectivity index (χ3v) is 4.28. The van der Waals surface area contributed by atoms with Gasteiger partial charge in [-0.1, -0.05) is 12.1 Å². The number of phenols is 1. The van der Waals surface area contributed by atoms with Crippen molar-refractivity contribution in [2.24, 2.45) is 4.99 Å². The average molecular weight is 333 g/mol. The molecule has 124 valence electrons. The third-order valence-electron chi connectivity index (χ3n) is 3.28. The normalized spacial score (nSPS) is 11.3. The Labute approximate surface area is 141 Å². The highest BCUT2D eigenvalue weighted by atomic mass is 32.1. The minimum Gasteiger partial charge on any atom is -0.504 e. The van der Waals surface area contributed by atoms with Crippen LogP contribution in [0.25, 0.3) is 0 Å². The molecule has 0 unspecified atom stereocenters. The lowest BCUT2D eigenvalue weighted by Gasteiger charge is -2.11. The molecule has 0 aliphatic heterocycles. The Balaban J connectivity index is 2.03. The van der Waals surface area contributed by atoms with Gasteiger partial charge in [-0.3, -0.25) is 0 Å². The smallest absolute Gasteiger partial charge is 0.191 e. The molecule has 1 aromatic carbocycles. The zero-order chi connectivity index (χ0) is 16.7. The van der Waals surface area contributed by atoms with Crippen molar-refractivity contribution in [2.45, 2.75) is 26.9 Å². The molecule has 0 fully saturated rings. The molecular formula is C17H23N3O2S. The molecule has 6 heteroatoms. The summed E-state index contributed by atoms with van der Waals surface area (Å²) in [6, 6.07) is 9.64. The quantitative estimate of drug-likeness (QED) is 0.561. The van der Waals surface area contributed by atoms with Crippen LogP contribution in [-0.2, 0) is 13.1 Å². The van der Waals surface area contributed by atoms with Gasteiger partial charge in [0.25, 0.3) is 0 Å². The fourth-order valence-corrected chi connectivity index (χ4v) is 2.95. The second kappa shape index (κ2) is 8.43. The van der Waals surface area contributed by atoms with Gasteiger partial charge in [-0.15, -0.1) is 11.3 Å². The summed E-state index contributed by atoms with van der Waals surface area (Å²) < 4.78 is 5.12. The minimum atomic E-state index is 0.142. The number of thiophene rings is 1. The Bertz CT molecular complexity index is 668. The van der Waals surface area contributed by atoms with E-state index in [-0.39, 0.29) is 5.75 Å². The highest BCUT2D eigenvalue weighted by Crippen LogP contribution is 2.29. The van der Waals surface area contributed by atoms with E-state index in [0.717, 1.165) is 24.6 Å². The summed E-state index contributed by atoms with van der Waals surface area (Å²) in [5, 5.41) is 16.6. The van der Waals surface area contributed by atoms with E-state index in [4.69, 9.17) is 4.74 Å². The lowest BCUT2D eigenvalue weighted by Crippen LogP contribution is -2.36. The fourth-order valence-electron chi connectivity index (χ4n) is 2.12. The summed E-state index contributed by atoms with van der Waals surface area (Å²) in [6.45, 7) is 6.00. The molecule has 1 heterocycles. The lowest BCUT2D eigenvalue weighted by atomic mass is 10.2. The number of nitrogens with zero attached hydrogens (tertiary/aromatic N) is 1. The highest BCUT2D eigenvalue weighted by molar-refractivity contribution is 7.11. The maximum atomic E-state index is 10.1. The number of ether oxygens (including phenoxy) is 1. The summed E-state index contributed by atoms with van der Waals surface area (Å²) in [5.41, 5.74) is 0.730. The molecule has 0 amide bonds. The second-order valence-corrected chi connectivity index (χ2v) is 6.40. The van der Waals surface area contributed by atoms with E-state index >= 15 is 0 Å². The lowest BCUT2D eigenvalue weighted by molar-refractivity contribution is 0.370. The van der Waals surface area contributed by atoms with Crippen molar-refractivity contribution in [1.29, 1.82) is 0 Å². The summed E-state index contributed by atoms with van der Waals surface area (Å²) in [4.78, 5) is 7.08. The number of rotatable bonds is 6. The number of phenolic OH excluding ortho intramolecular Hbond substituents is 1. The van der Waals surface area contributed by atoms with Crippen LogP contribution in [0.5, 0.6) is 11.5 Å². The van der Waals surface area contributed by atoms with Crippen LogP contribution in [0.1, 0.15) is 22.2 Å². The first-order chi connectivity index (χ1) is 11.1. The van der Waals surface area contributed by atoms with E-state index in [9.17, 15) is 5.11 Å². The molecule has 0 aliphatic rings. The van der Waals surface area contributed by atoms with Crippen molar-refractivity contribution in [1.82, 2.24) is 10.6 Å². The topological polar surface area (TPSA) is 65.9 Å². The molecule has 2 aromatic rings. The Hall–Kier alpha value is -2.21. The van der Waals surface area contributed by atoms with Gasteiger partial charge in [-0.25, -0.2) is 4.99 Å². The maximum absolute atomic E-state index is 10.1. The number of aliphatic imine (C=N–C) groups is 1. The number of guanidine groups is 1. The molecule has 0 saturated carbocycles. The van der Waals surface area contributed by atoms with E-state index in [1.165, 1.54) is 16.9 Å². The van der Waals surface area contributed by atoms with Gasteiger partial charge in [-0.05, 0) is 32.0 Å². The zero-order valence-corrected chi connectivity index (χ0v) is 14.5. The van der Waals surface area contributed by atoms with E-state index in [1.54, 1.807) is 17.4 Å². The molecular weight excluding hydrogens is 310 g/mol. The Morgan fingerprint density at radius 2 is 2.09 bits per heavy atom. The van der Waals surface area contributed by atoms with Gasteiger partial charge < -0.3 is 20.5 Å². The Morgan fingerprint density at radius 3 is 2.74 bits per heavy atom. The van der Waals surface area contributed by atoms with Gasteiger partial charge in [0.05, 0.1) is 20.2 Å².